The number of hydrogen-bond acceptors (Lipinski definition) is 4. The Hall–Kier alpha value is -2.57. The fourth-order valence-electron chi connectivity index (χ4n) is 3.19. The fraction of sp³-hybridized carbons (Fsp3) is 0.500. The summed E-state index contributed by atoms with van der Waals surface area (Å²) in [6.07, 6.45) is 6.48. The Morgan fingerprint density at radius 1 is 1.36 bits per heavy atom. The minimum Gasteiger partial charge on any atom is -0.469 e. The number of amides is 2. The lowest BCUT2D eigenvalue weighted by Crippen LogP contribution is -2.38. The highest BCUT2D eigenvalue weighted by molar-refractivity contribution is 5.95. The summed E-state index contributed by atoms with van der Waals surface area (Å²) < 4.78 is 7.29. The molecule has 0 bridgehead atoms. The monoisotopic (exact) mass is 342 g/mol. The van der Waals surface area contributed by atoms with E-state index < -0.39 is 0 Å². The van der Waals surface area contributed by atoms with Gasteiger partial charge in [0.2, 0.25) is 5.91 Å². The minimum absolute atomic E-state index is 0.0280. The van der Waals surface area contributed by atoms with Crippen LogP contribution in [0.15, 0.2) is 22.9 Å². The highest BCUT2D eigenvalue weighted by Crippen LogP contribution is 2.32. The van der Waals surface area contributed by atoms with Crippen molar-refractivity contribution in [2.24, 2.45) is 5.92 Å². The molecule has 4 rings (SSSR count). The molecule has 0 radical (unpaired) electrons. The van der Waals surface area contributed by atoms with Crippen molar-refractivity contribution in [2.45, 2.75) is 45.8 Å². The SMILES string of the molecule is Cc1occc1C(=O)N1CCn2cc(CNC(=O)CC3CC3)nc2C1. The van der Waals surface area contributed by atoms with Crippen LogP contribution in [0.1, 0.15) is 46.9 Å². The molecule has 1 aliphatic heterocycles. The molecule has 0 spiro atoms. The third kappa shape index (κ3) is 3.45. The molecule has 25 heavy (non-hydrogen) atoms. The first-order chi connectivity index (χ1) is 12.1. The molecule has 2 amide bonds. The Morgan fingerprint density at radius 2 is 2.20 bits per heavy atom. The van der Waals surface area contributed by atoms with Gasteiger partial charge < -0.3 is 19.2 Å². The maximum absolute atomic E-state index is 12.6. The Balaban J connectivity index is 1.38. The van der Waals surface area contributed by atoms with Gasteiger partial charge in [0, 0.05) is 25.7 Å². The van der Waals surface area contributed by atoms with Crippen LogP contribution >= 0.6 is 0 Å². The number of aryl methyl sites for hydroxylation is 1. The molecular weight excluding hydrogens is 320 g/mol. The minimum atomic E-state index is -0.0280. The van der Waals surface area contributed by atoms with Crippen LogP contribution in [0.3, 0.4) is 0 Å². The van der Waals surface area contributed by atoms with Gasteiger partial charge in [-0.2, -0.15) is 0 Å². The highest BCUT2D eigenvalue weighted by atomic mass is 16.3. The number of nitrogens with zero attached hydrogens (tertiary/aromatic N) is 3. The summed E-state index contributed by atoms with van der Waals surface area (Å²) in [6, 6.07) is 1.71. The largest absolute Gasteiger partial charge is 0.469 e. The molecule has 2 aromatic heterocycles. The first-order valence-electron chi connectivity index (χ1n) is 8.75. The van der Waals surface area contributed by atoms with Gasteiger partial charge in [-0.1, -0.05) is 0 Å². The number of carbonyl (C=O) groups excluding carboxylic acids is 2. The molecule has 0 saturated heterocycles. The Kier molecular flexibility index (Phi) is 4.07. The maximum atomic E-state index is 12.6. The van der Waals surface area contributed by atoms with E-state index in [1.165, 1.54) is 19.1 Å². The lowest BCUT2D eigenvalue weighted by molar-refractivity contribution is -0.121. The molecule has 1 aliphatic carbocycles. The van der Waals surface area contributed by atoms with Crippen LogP contribution < -0.4 is 5.32 Å². The summed E-state index contributed by atoms with van der Waals surface area (Å²) in [5, 5.41) is 2.94. The zero-order valence-corrected chi connectivity index (χ0v) is 14.3. The first-order valence-corrected chi connectivity index (χ1v) is 8.75. The van der Waals surface area contributed by atoms with Gasteiger partial charge in [-0.15, -0.1) is 0 Å². The van der Waals surface area contributed by atoms with Crippen LogP contribution in [0.5, 0.6) is 0 Å². The van der Waals surface area contributed by atoms with E-state index in [0.29, 0.717) is 49.8 Å². The number of hydrogen-bond donors (Lipinski definition) is 1. The molecule has 1 saturated carbocycles. The van der Waals surface area contributed by atoms with Crippen LogP contribution in [0.2, 0.25) is 0 Å². The van der Waals surface area contributed by atoms with Crippen molar-refractivity contribution in [1.82, 2.24) is 19.8 Å². The second-order valence-corrected chi connectivity index (χ2v) is 6.88. The van der Waals surface area contributed by atoms with Crippen molar-refractivity contribution in [2.75, 3.05) is 6.54 Å². The van der Waals surface area contributed by atoms with E-state index >= 15 is 0 Å². The quantitative estimate of drug-likeness (QED) is 0.899. The van der Waals surface area contributed by atoms with Crippen molar-refractivity contribution in [3.8, 4) is 0 Å². The summed E-state index contributed by atoms with van der Waals surface area (Å²) in [5.41, 5.74) is 1.44. The Bertz CT molecular complexity index is 803. The highest BCUT2D eigenvalue weighted by Gasteiger charge is 2.26. The second kappa shape index (κ2) is 6.38. The number of imidazole rings is 1. The molecule has 132 valence electrons. The predicted octanol–water partition coefficient (Wildman–Crippen LogP) is 1.86. The zero-order chi connectivity index (χ0) is 17.4. The van der Waals surface area contributed by atoms with Crippen molar-refractivity contribution < 1.29 is 14.0 Å². The van der Waals surface area contributed by atoms with E-state index in [0.717, 1.165) is 11.5 Å². The van der Waals surface area contributed by atoms with Crippen molar-refractivity contribution in [3.05, 3.63) is 41.4 Å². The van der Waals surface area contributed by atoms with Crippen molar-refractivity contribution >= 4 is 11.8 Å². The lowest BCUT2D eigenvalue weighted by atomic mass is 10.2. The number of carbonyl (C=O) groups is 2. The predicted molar refractivity (Wildman–Crippen MR) is 89.6 cm³/mol. The summed E-state index contributed by atoms with van der Waals surface area (Å²) in [7, 11) is 0. The standard InChI is InChI=1S/C18H22N4O3/c1-12-15(4-7-25-12)18(24)22-6-5-21-10-14(20-16(21)11-22)9-19-17(23)8-13-2-3-13/h4,7,10,13H,2-3,5-6,8-9,11H2,1H3,(H,19,23). The molecule has 7 heteroatoms. The molecule has 2 aromatic rings. The molecule has 1 N–H and O–H groups in total. The summed E-state index contributed by atoms with van der Waals surface area (Å²) in [5.74, 6) is 2.15. The van der Waals surface area contributed by atoms with Gasteiger partial charge in [-0.3, -0.25) is 9.59 Å². The van der Waals surface area contributed by atoms with E-state index in [-0.39, 0.29) is 11.8 Å². The van der Waals surface area contributed by atoms with Crippen LogP contribution in [-0.2, 0) is 24.4 Å². The summed E-state index contributed by atoms with van der Waals surface area (Å²) >= 11 is 0. The van der Waals surface area contributed by atoms with E-state index in [1.807, 2.05) is 6.20 Å². The Morgan fingerprint density at radius 3 is 2.92 bits per heavy atom. The van der Waals surface area contributed by atoms with Gasteiger partial charge in [0.15, 0.2) is 0 Å². The van der Waals surface area contributed by atoms with E-state index in [4.69, 9.17) is 4.42 Å². The molecule has 0 unspecified atom stereocenters. The van der Waals surface area contributed by atoms with Gasteiger partial charge >= 0.3 is 0 Å². The second-order valence-electron chi connectivity index (χ2n) is 6.88. The number of furan rings is 1. The van der Waals surface area contributed by atoms with Gasteiger partial charge in [0.1, 0.15) is 11.6 Å². The van der Waals surface area contributed by atoms with Crippen LogP contribution in [0.4, 0.5) is 0 Å². The third-order valence-corrected chi connectivity index (χ3v) is 4.87. The average molecular weight is 342 g/mol. The lowest BCUT2D eigenvalue weighted by Gasteiger charge is -2.27. The normalized spacial score (nSPS) is 16.6. The topological polar surface area (TPSA) is 80.4 Å². The first kappa shape index (κ1) is 15.9. The van der Waals surface area contributed by atoms with Crippen molar-refractivity contribution in [3.63, 3.8) is 0 Å². The van der Waals surface area contributed by atoms with Gasteiger partial charge in [0.05, 0.1) is 30.6 Å². The van der Waals surface area contributed by atoms with Crippen molar-refractivity contribution in [1.29, 1.82) is 0 Å². The molecule has 3 heterocycles. The number of aromatic nitrogens is 2. The van der Waals surface area contributed by atoms with Gasteiger partial charge in [0.25, 0.3) is 5.91 Å². The number of nitrogens with one attached hydrogen (secondary N) is 1. The smallest absolute Gasteiger partial charge is 0.257 e. The maximum Gasteiger partial charge on any atom is 0.257 e. The van der Waals surface area contributed by atoms with Gasteiger partial charge in [-0.25, -0.2) is 4.98 Å². The number of fused-ring (bicyclic) bond motifs is 1. The molecule has 2 aliphatic rings. The van der Waals surface area contributed by atoms with Crippen LogP contribution in [0.25, 0.3) is 0 Å². The van der Waals surface area contributed by atoms with E-state index in [1.54, 1.807) is 17.9 Å². The average Bonchev–Trinajstić information content (AvgIpc) is 3.15. The Labute approximate surface area is 146 Å². The van der Waals surface area contributed by atoms with Crippen LogP contribution in [0, 0.1) is 12.8 Å². The molecule has 0 atom stereocenters. The van der Waals surface area contributed by atoms with Gasteiger partial charge in [-0.05, 0) is 31.7 Å². The summed E-state index contributed by atoms with van der Waals surface area (Å²) in [6.45, 7) is 4.06. The van der Waals surface area contributed by atoms with E-state index in [9.17, 15) is 9.59 Å². The number of rotatable bonds is 5. The summed E-state index contributed by atoms with van der Waals surface area (Å²) in [4.78, 5) is 30.8. The van der Waals surface area contributed by atoms with E-state index in [2.05, 4.69) is 14.9 Å². The molecule has 0 aromatic carbocycles. The molecule has 1 fully saturated rings. The fourth-order valence-corrected chi connectivity index (χ4v) is 3.19. The molecular formula is C18H22N4O3. The third-order valence-electron chi connectivity index (χ3n) is 4.87. The van der Waals surface area contributed by atoms with Crippen LogP contribution in [-0.4, -0.2) is 32.8 Å². The molecule has 7 nitrogen and oxygen atoms in total. The zero-order valence-electron chi connectivity index (χ0n) is 14.3.